The summed E-state index contributed by atoms with van der Waals surface area (Å²) >= 11 is 0. The Labute approximate surface area is 126 Å². The first-order chi connectivity index (χ1) is 10.2. The second-order valence-corrected chi connectivity index (χ2v) is 4.93. The van der Waals surface area contributed by atoms with Crippen molar-refractivity contribution in [3.8, 4) is 17.1 Å². The van der Waals surface area contributed by atoms with Crippen LogP contribution in [0.25, 0.3) is 11.4 Å². The highest BCUT2D eigenvalue weighted by molar-refractivity contribution is 5.64. The van der Waals surface area contributed by atoms with Crippen LogP contribution < -0.4 is 10.1 Å². The summed E-state index contributed by atoms with van der Waals surface area (Å²) in [4.78, 5) is 9.22. The Morgan fingerprint density at radius 3 is 2.71 bits per heavy atom. The minimum atomic E-state index is 0.633. The van der Waals surface area contributed by atoms with Crippen molar-refractivity contribution in [3.05, 3.63) is 41.7 Å². The van der Waals surface area contributed by atoms with Gasteiger partial charge in [-0.15, -0.1) is 0 Å². The molecule has 1 heterocycles. The predicted molar refractivity (Wildman–Crippen MR) is 85.4 cm³/mol. The van der Waals surface area contributed by atoms with Gasteiger partial charge in [-0.05, 0) is 45.0 Å². The third kappa shape index (κ3) is 4.26. The lowest BCUT2D eigenvalue weighted by Crippen LogP contribution is -2.15. The Morgan fingerprint density at radius 1 is 1.14 bits per heavy atom. The van der Waals surface area contributed by atoms with E-state index >= 15 is 0 Å². The zero-order chi connectivity index (χ0) is 15.1. The van der Waals surface area contributed by atoms with E-state index in [0.29, 0.717) is 6.61 Å². The molecule has 1 aromatic carbocycles. The molecule has 0 fully saturated rings. The average Bonchev–Trinajstić information content (AvgIpc) is 2.48. The van der Waals surface area contributed by atoms with Gasteiger partial charge in [0.05, 0.1) is 17.9 Å². The number of aromatic nitrogens is 2. The van der Waals surface area contributed by atoms with E-state index in [9.17, 15) is 0 Å². The Bertz CT molecular complexity index is 584. The molecule has 112 valence electrons. The van der Waals surface area contributed by atoms with Crippen molar-refractivity contribution in [2.45, 2.75) is 33.7 Å². The number of nitrogens with zero attached hydrogens (tertiary/aromatic N) is 2. The normalized spacial score (nSPS) is 10.6. The molecule has 0 amide bonds. The van der Waals surface area contributed by atoms with Crippen LogP contribution in [0.1, 0.15) is 31.7 Å². The molecule has 0 atom stereocenters. The van der Waals surface area contributed by atoms with Gasteiger partial charge in [0.25, 0.3) is 0 Å². The van der Waals surface area contributed by atoms with Crippen LogP contribution in [-0.4, -0.2) is 23.1 Å². The SMILES string of the molecule is CCCNCc1cc(C)nc(-c2ccccc2OCC)n1. The molecule has 0 aliphatic heterocycles. The zero-order valence-electron chi connectivity index (χ0n) is 13.0. The molecule has 2 rings (SSSR count). The number of ether oxygens (including phenoxy) is 1. The fourth-order valence-corrected chi connectivity index (χ4v) is 2.17. The first-order valence-electron chi connectivity index (χ1n) is 7.52. The molecule has 0 aliphatic carbocycles. The van der Waals surface area contributed by atoms with Crippen LogP contribution in [0.2, 0.25) is 0 Å². The van der Waals surface area contributed by atoms with Crippen LogP contribution in [-0.2, 0) is 6.54 Å². The van der Waals surface area contributed by atoms with Gasteiger partial charge in [0.15, 0.2) is 5.82 Å². The highest BCUT2D eigenvalue weighted by Gasteiger charge is 2.10. The highest BCUT2D eigenvalue weighted by Crippen LogP contribution is 2.27. The summed E-state index contributed by atoms with van der Waals surface area (Å²) in [5.74, 6) is 1.56. The first kappa shape index (κ1) is 15.4. The molecule has 0 aliphatic rings. The van der Waals surface area contributed by atoms with Crippen molar-refractivity contribution in [2.24, 2.45) is 0 Å². The number of benzene rings is 1. The Morgan fingerprint density at radius 2 is 1.95 bits per heavy atom. The van der Waals surface area contributed by atoms with Gasteiger partial charge in [-0.2, -0.15) is 0 Å². The molecule has 21 heavy (non-hydrogen) atoms. The minimum Gasteiger partial charge on any atom is -0.493 e. The quantitative estimate of drug-likeness (QED) is 0.793. The monoisotopic (exact) mass is 285 g/mol. The number of hydrogen-bond donors (Lipinski definition) is 1. The molecular weight excluding hydrogens is 262 g/mol. The van der Waals surface area contributed by atoms with Gasteiger partial charge < -0.3 is 10.1 Å². The van der Waals surface area contributed by atoms with Crippen LogP contribution in [0.5, 0.6) is 5.75 Å². The van der Waals surface area contributed by atoms with Gasteiger partial charge in [0.1, 0.15) is 5.75 Å². The van der Waals surface area contributed by atoms with Gasteiger partial charge in [-0.25, -0.2) is 9.97 Å². The molecule has 0 radical (unpaired) electrons. The van der Waals surface area contributed by atoms with Gasteiger partial charge in [-0.3, -0.25) is 0 Å². The summed E-state index contributed by atoms with van der Waals surface area (Å²) in [6.07, 6.45) is 1.12. The molecule has 1 aromatic heterocycles. The third-order valence-electron chi connectivity index (χ3n) is 3.07. The molecule has 0 unspecified atom stereocenters. The molecule has 1 N–H and O–H groups in total. The van der Waals surface area contributed by atoms with Crippen molar-refractivity contribution in [3.63, 3.8) is 0 Å². The zero-order valence-corrected chi connectivity index (χ0v) is 13.0. The fourth-order valence-electron chi connectivity index (χ4n) is 2.17. The molecule has 4 heteroatoms. The first-order valence-corrected chi connectivity index (χ1v) is 7.52. The van der Waals surface area contributed by atoms with Gasteiger partial charge >= 0.3 is 0 Å². The van der Waals surface area contributed by atoms with Crippen LogP contribution >= 0.6 is 0 Å². The summed E-state index contributed by atoms with van der Waals surface area (Å²) in [6, 6.07) is 9.94. The number of hydrogen-bond acceptors (Lipinski definition) is 4. The molecule has 0 bridgehead atoms. The fraction of sp³-hybridized carbons (Fsp3) is 0.412. The van der Waals surface area contributed by atoms with E-state index in [1.807, 2.05) is 44.2 Å². The Hall–Kier alpha value is -1.94. The predicted octanol–water partition coefficient (Wildman–Crippen LogP) is 3.35. The van der Waals surface area contributed by atoms with E-state index in [1.165, 1.54) is 0 Å². The topological polar surface area (TPSA) is 47.0 Å². The second-order valence-electron chi connectivity index (χ2n) is 4.93. The van der Waals surface area contributed by atoms with Gasteiger partial charge in [0.2, 0.25) is 0 Å². The summed E-state index contributed by atoms with van der Waals surface area (Å²) in [5, 5.41) is 3.38. The number of aryl methyl sites for hydroxylation is 1. The van der Waals surface area contributed by atoms with Crippen molar-refractivity contribution < 1.29 is 4.74 Å². The molecule has 2 aromatic rings. The molecular formula is C17H23N3O. The second kappa shape index (κ2) is 7.74. The van der Waals surface area contributed by atoms with E-state index in [1.54, 1.807) is 0 Å². The molecule has 0 saturated heterocycles. The number of para-hydroxylation sites is 1. The Balaban J connectivity index is 2.31. The van der Waals surface area contributed by atoms with E-state index in [4.69, 9.17) is 4.74 Å². The van der Waals surface area contributed by atoms with Crippen LogP contribution in [0.4, 0.5) is 0 Å². The highest BCUT2D eigenvalue weighted by atomic mass is 16.5. The van der Waals surface area contributed by atoms with Crippen LogP contribution in [0.15, 0.2) is 30.3 Å². The van der Waals surface area contributed by atoms with E-state index < -0.39 is 0 Å². The molecule has 4 nitrogen and oxygen atoms in total. The lowest BCUT2D eigenvalue weighted by molar-refractivity contribution is 0.341. The lowest BCUT2D eigenvalue weighted by atomic mass is 10.1. The number of rotatable bonds is 7. The number of nitrogens with one attached hydrogen (secondary N) is 1. The van der Waals surface area contributed by atoms with Gasteiger partial charge in [0, 0.05) is 12.2 Å². The summed E-state index contributed by atoms with van der Waals surface area (Å²) in [6.45, 7) is 8.52. The maximum atomic E-state index is 5.67. The lowest BCUT2D eigenvalue weighted by Gasteiger charge is -2.11. The molecule has 0 spiro atoms. The standard InChI is InChI=1S/C17H23N3O/c1-4-10-18-12-14-11-13(3)19-17(20-14)15-8-6-7-9-16(15)21-5-2/h6-9,11,18H,4-5,10,12H2,1-3H3. The smallest absolute Gasteiger partial charge is 0.163 e. The van der Waals surface area contributed by atoms with E-state index in [2.05, 4.69) is 22.2 Å². The van der Waals surface area contributed by atoms with Crippen molar-refractivity contribution in [2.75, 3.05) is 13.2 Å². The van der Waals surface area contributed by atoms with Crippen molar-refractivity contribution >= 4 is 0 Å². The maximum Gasteiger partial charge on any atom is 0.163 e. The largest absolute Gasteiger partial charge is 0.493 e. The average molecular weight is 285 g/mol. The van der Waals surface area contributed by atoms with Gasteiger partial charge in [-0.1, -0.05) is 19.1 Å². The minimum absolute atomic E-state index is 0.633. The molecule has 0 saturated carbocycles. The van der Waals surface area contributed by atoms with Crippen molar-refractivity contribution in [1.29, 1.82) is 0 Å². The van der Waals surface area contributed by atoms with Crippen LogP contribution in [0.3, 0.4) is 0 Å². The summed E-state index contributed by atoms with van der Waals surface area (Å²) < 4.78 is 5.67. The van der Waals surface area contributed by atoms with E-state index in [-0.39, 0.29) is 0 Å². The summed E-state index contributed by atoms with van der Waals surface area (Å²) in [5.41, 5.74) is 2.93. The Kier molecular flexibility index (Phi) is 5.69. The summed E-state index contributed by atoms with van der Waals surface area (Å²) in [7, 11) is 0. The van der Waals surface area contributed by atoms with Crippen molar-refractivity contribution in [1.82, 2.24) is 15.3 Å². The van der Waals surface area contributed by atoms with Crippen LogP contribution in [0, 0.1) is 6.92 Å². The maximum absolute atomic E-state index is 5.67. The third-order valence-corrected chi connectivity index (χ3v) is 3.07. The van der Waals surface area contributed by atoms with E-state index in [0.717, 1.165) is 48.0 Å².